The predicted molar refractivity (Wildman–Crippen MR) is 56.4 cm³/mol. The molecule has 0 radical (unpaired) electrons. The zero-order chi connectivity index (χ0) is 9.26. The zero-order valence-corrected chi connectivity index (χ0v) is 8.44. The summed E-state index contributed by atoms with van der Waals surface area (Å²) in [5, 5.41) is 3.92. The molecule has 0 spiro atoms. The molecule has 0 aliphatic carbocycles. The van der Waals surface area contributed by atoms with E-state index < -0.39 is 0 Å². The third kappa shape index (κ3) is 1.98. The highest BCUT2D eigenvalue weighted by atomic mass is 35.5. The molecule has 3 nitrogen and oxygen atoms in total. The van der Waals surface area contributed by atoms with Gasteiger partial charge in [-0.15, -0.1) is 12.6 Å². The van der Waals surface area contributed by atoms with Crippen LogP contribution in [0.2, 0.25) is 5.02 Å². The minimum Gasteiger partial charge on any atom is -0.272 e. The summed E-state index contributed by atoms with van der Waals surface area (Å²) in [5.74, 6) is 0. The number of rotatable bonds is 1. The van der Waals surface area contributed by atoms with Crippen LogP contribution in [0.15, 0.2) is 24.3 Å². The fourth-order valence-corrected chi connectivity index (χ4v) is 1.75. The van der Waals surface area contributed by atoms with Gasteiger partial charge < -0.3 is 0 Å². The normalized spacial score (nSPS) is 27.8. The molecule has 0 saturated carbocycles. The molecule has 3 N–H and O–H groups in total. The van der Waals surface area contributed by atoms with Crippen LogP contribution in [0.3, 0.4) is 0 Å². The predicted octanol–water partition coefficient (Wildman–Crippen LogP) is 1.25. The first-order valence-electron chi connectivity index (χ1n) is 3.97. The van der Waals surface area contributed by atoms with E-state index >= 15 is 0 Å². The summed E-state index contributed by atoms with van der Waals surface area (Å²) in [6.45, 7) is 0. The van der Waals surface area contributed by atoms with Gasteiger partial charge in [0.05, 0.1) is 6.17 Å². The molecule has 1 aromatic rings. The van der Waals surface area contributed by atoms with Gasteiger partial charge in [0.15, 0.2) is 0 Å². The molecule has 1 aliphatic heterocycles. The second-order valence-electron chi connectivity index (χ2n) is 2.81. The molecule has 2 unspecified atom stereocenters. The van der Waals surface area contributed by atoms with Gasteiger partial charge in [0.2, 0.25) is 0 Å². The van der Waals surface area contributed by atoms with Crippen LogP contribution in [-0.4, -0.2) is 5.50 Å². The number of hydrogen-bond donors (Lipinski definition) is 4. The third-order valence-electron chi connectivity index (χ3n) is 1.91. The molecule has 2 rings (SSSR count). The number of nitrogens with one attached hydrogen (secondary N) is 3. The van der Waals surface area contributed by atoms with Crippen molar-refractivity contribution in [3.63, 3.8) is 0 Å². The topological polar surface area (TPSA) is 36.1 Å². The van der Waals surface area contributed by atoms with Crippen molar-refractivity contribution in [1.29, 1.82) is 0 Å². The molecule has 13 heavy (non-hydrogen) atoms. The first-order valence-corrected chi connectivity index (χ1v) is 4.86. The van der Waals surface area contributed by atoms with Crippen molar-refractivity contribution in [1.82, 2.24) is 16.2 Å². The molecular weight excluding hydrogens is 206 g/mol. The van der Waals surface area contributed by atoms with Crippen molar-refractivity contribution in [3.8, 4) is 0 Å². The first kappa shape index (κ1) is 9.30. The lowest BCUT2D eigenvalue weighted by atomic mass is 10.2. The average molecular weight is 216 g/mol. The van der Waals surface area contributed by atoms with E-state index in [1.54, 1.807) is 0 Å². The van der Waals surface area contributed by atoms with Gasteiger partial charge in [-0.05, 0) is 6.07 Å². The molecule has 0 bridgehead atoms. The Hall–Kier alpha value is -0.260. The third-order valence-corrected chi connectivity index (χ3v) is 2.53. The van der Waals surface area contributed by atoms with Gasteiger partial charge in [0.25, 0.3) is 0 Å². The van der Waals surface area contributed by atoms with Gasteiger partial charge in [-0.2, -0.15) is 0 Å². The van der Waals surface area contributed by atoms with E-state index in [0.29, 0.717) is 0 Å². The van der Waals surface area contributed by atoms with Gasteiger partial charge in [-0.25, -0.2) is 10.9 Å². The van der Waals surface area contributed by atoms with Crippen LogP contribution in [0, 0.1) is 0 Å². The van der Waals surface area contributed by atoms with Gasteiger partial charge in [-0.3, -0.25) is 5.32 Å². The Morgan fingerprint density at radius 1 is 1.23 bits per heavy atom. The molecule has 1 aliphatic rings. The smallest absolute Gasteiger partial charge is 0.117 e. The van der Waals surface area contributed by atoms with Gasteiger partial charge in [0.1, 0.15) is 5.50 Å². The number of thiol groups is 1. The number of halogens is 1. The van der Waals surface area contributed by atoms with Gasteiger partial charge in [-0.1, -0.05) is 29.8 Å². The number of hydrazine groups is 1. The highest BCUT2D eigenvalue weighted by Crippen LogP contribution is 2.22. The highest BCUT2D eigenvalue weighted by Gasteiger charge is 2.22. The largest absolute Gasteiger partial charge is 0.272 e. The van der Waals surface area contributed by atoms with Crippen molar-refractivity contribution in [2.24, 2.45) is 0 Å². The fourth-order valence-electron chi connectivity index (χ4n) is 1.28. The Kier molecular flexibility index (Phi) is 2.76. The molecule has 1 heterocycles. The molecule has 1 aromatic carbocycles. The van der Waals surface area contributed by atoms with Crippen LogP contribution in [0.1, 0.15) is 11.7 Å². The zero-order valence-electron chi connectivity index (χ0n) is 6.79. The Morgan fingerprint density at radius 3 is 2.62 bits per heavy atom. The lowest BCUT2D eigenvalue weighted by Crippen LogP contribution is -2.28. The Balaban J connectivity index is 2.21. The Morgan fingerprint density at radius 2 is 2.00 bits per heavy atom. The standard InChI is InChI=1S/C8H10ClN3S/c9-6-4-2-1-3-5(6)7-10-8(13)12-11-7/h1-4,7-8,10-13H. The van der Waals surface area contributed by atoms with Gasteiger partial charge in [0, 0.05) is 10.6 Å². The highest BCUT2D eigenvalue weighted by molar-refractivity contribution is 7.80. The van der Waals surface area contributed by atoms with Crippen molar-refractivity contribution in [2.75, 3.05) is 0 Å². The van der Waals surface area contributed by atoms with Crippen LogP contribution < -0.4 is 16.2 Å². The molecule has 70 valence electrons. The average Bonchev–Trinajstić information content (AvgIpc) is 2.53. The summed E-state index contributed by atoms with van der Waals surface area (Å²) in [7, 11) is 0. The summed E-state index contributed by atoms with van der Waals surface area (Å²) < 4.78 is 0. The monoisotopic (exact) mass is 215 g/mol. The summed E-state index contributed by atoms with van der Waals surface area (Å²) >= 11 is 10.2. The summed E-state index contributed by atoms with van der Waals surface area (Å²) in [4.78, 5) is 0. The quantitative estimate of drug-likeness (QED) is 0.533. The molecule has 0 amide bonds. The van der Waals surface area contributed by atoms with Crippen LogP contribution in [-0.2, 0) is 0 Å². The summed E-state index contributed by atoms with van der Waals surface area (Å²) in [6, 6.07) is 7.70. The van der Waals surface area contributed by atoms with Gasteiger partial charge >= 0.3 is 0 Å². The number of hydrogen-bond acceptors (Lipinski definition) is 4. The lowest BCUT2D eigenvalue weighted by Gasteiger charge is -2.11. The van der Waals surface area contributed by atoms with Crippen LogP contribution in [0.4, 0.5) is 0 Å². The lowest BCUT2D eigenvalue weighted by molar-refractivity contribution is 0.555. The van der Waals surface area contributed by atoms with E-state index in [4.69, 9.17) is 11.6 Å². The van der Waals surface area contributed by atoms with Crippen molar-refractivity contribution in [2.45, 2.75) is 11.7 Å². The summed E-state index contributed by atoms with van der Waals surface area (Å²) in [5.41, 5.74) is 6.96. The van der Waals surface area contributed by atoms with E-state index in [1.807, 2.05) is 24.3 Å². The SMILES string of the molecule is SC1NNC(c2ccccc2Cl)N1. The molecule has 1 saturated heterocycles. The van der Waals surface area contributed by atoms with E-state index in [2.05, 4.69) is 28.8 Å². The fraction of sp³-hybridized carbons (Fsp3) is 0.250. The van der Waals surface area contributed by atoms with Crippen molar-refractivity contribution in [3.05, 3.63) is 34.9 Å². The van der Waals surface area contributed by atoms with Crippen LogP contribution in [0.25, 0.3) is 0 Å². The van der Waals surface area contributed by atoms with Crippen molar-refractivity contribution >= 4 is 24.2 Å². The Bertz CT molecular complexity index is 307. The van der Waals surface area contributed by atoms with Crippen LogP contribution >= 0.6 is 24.2 Å². The second-order valence-corrected chi connectivity index (χ2v) is 3.74. The molecular formula is C8H10ClN3S. The van der Waals surface area contributed by atoms with Crippen molar-refractivity contribution < 1.29 is 0 Å². The second kappa shape index (κ2) is 3.86. The number of benzene rings is 1. The van der Waals surface area contributed by atoms with E-state index in [0.717, 1.165) is 10.6 Å². The van der Waals surface area contributed by atoms with Crippen LogP contribution in [0.5, 0.6) is 0 Å². The van der Waals surface area contributed by atoms with E-state index in [9.17, 15) is 0 Å². The maximum atomic E-state index is 6.02. The first-order chi connectivity index (χ1) is 6.27. The molecule has 2 atom stereocenters. The summed E-state index contributed by atoms with van der Waals surface area (Å²) in [6.07, 6.45) is 0.0243. The Labute approximate surface area is 87.2 Å². The minimum atomic E-state index is -0.0405. The molecule has 5 heteroatoms. The molecule has 1 fully saturated rings. The van der Waals surface area contributed by atoms with E-state index in [-0.39, 0.29) is 11.7 Å². The maximum absolute atomic E-state index is 6.02. The molecule has 0 aromatic heterocycles. The van der Waals surface area contributed by atoms with E-state index in [1.165, 1.54) is 0 Å². The minimum absolute atomic E-state index is 0.0243. The maximum Gasteiger partial charge on any atom is 0.117 e.